The molecule has 0 saturated carbocycles. The van der Waals surface area contributed by atoms with E-state index in [2.05, 4.69) is 21.4 Å². The summed E-state index contributed by atoms with van der Waals surface area (Å²) in [6, 6.07) is 13.2. The third-order valence-electron chi connectivity index (χ3n) is 5.28. The summed E-state index contributed by atoms with van der Waals surface area (Å²) in [7, 11) is 0. The van der Waals surface area contributed by atoms with Crippen LogP contribution in [0.25, 0.3) is 11.0 Å². The number of fused-ring (bicyclic) bond motifs is 1. The van der Waals surface area contributed by atoms with E-state index in [1.807, 2.05) is 36.1 Å². The van der Waals surface area contributed by atoms with Crippen molar-refractivity contribution in [2.75, 3.05) is 18.4 Å². The first-order valence-corrected chi connectivity index (χ1v) is 9.98. The number of nitriles is 1. The van der Waals surface area contributed by atoms with Crippen molar-refractivity contribution in [2.24, 2.45) is 0 Å². The molecule has 1 saturated heterocycles. The van der Waals surface area contributed by atoms with Crippen molar-refractivity contribution >= 4 is 40.7 Å². The summed E-state index contributed by atoms with van der Waals surface area (Å²) in [5, 5.41) is 13.2. The Bertz CT molecular complexity index is 1080. The van der Waals surface area contributed by atoms with Crippen molar-refractivity contribution in [3.63, 3.8) is 0 Å². The first-order chi connectivity index (χ1) is 14.2. The van der Waals surface area contributed by atoms with Crippen LogP contribution in [0.4, 0.5) is 11.4 Å². The molecular formula is C23H24ClN5O. The van der Waals surface area contributed by atoms with Gasteiger partial charge in [-0.1, -0.05) is 12.8 Å². The van der Waals surface area contributed by atoms with E-state index in [4.69, 9.17) is 5.26 Å². The fourth-order valence-electron chi connectivity index (χ4n) is 3.69. The van der Waals surface area contributed by atoms with Crippen LogP contribution in [0.15, 0.2) is 42.6 Å². The van der Waals surface area contributed by atoms with E-state index in [1.54, 1.807) is 18.3 Å². The van der Waals surface area contributed by atoms with E-state index in [-0.39, 0.29) is 18.3 Å². The molecule has 0 aliphatic carbocycles. The Kier molecular flexibility index (Phi) is 6.86. The predicted molar refractivity (Wildman–Crippen MR) is 120 cm³/mol. The smallest absolute Gasteiger partial charge is 0.257 e. The highest BCUT2D eigenvalue weighted by molar-refractivity contribution is 6.07. The molecule has 1 aromatic carbocycles. The molecule has 3 aromatic rings. The maximum atomic E-state index is 13.4. The zero-order valence-corrected chi connectivity index (χ0v) is 17.7. The van der Waals surface area contributed by atoms with Gasteiger partial charge in [-0.25, -0.2) is 9.97 Å². The van der Waals surface area contributed by atoms with Crippen LogP contribution in [0.3, 0.4) is 0 Å². The minimum atomic E-state index is -0.00183. The highest BCUT2D eigenvalue weighted by Gasteiger charge is 2.22. The molecule has 0 radical (unpaired) electrons. The van der Waals surface area contributed by atoms with Crippen LogP contribution in [0.1, 0.15) is 47.3 Å². The van der Waals surface area contributed by atoms with E-state index in [0.717, 1.165) is 42.7 Å². The summed E-state index contributed by atoms with van der Waals surface area (Å²) in [5.41, 5.74) is 4.14. The molecular weight excluding hydrogens is 398 g/mol. The third kappa shape index (κ3) is 4.52. The second kappa shape index (κ2) is 9.55. The number of benzene rings is 1. The van der Waals surface area contributed by atoms with Gasteiger partial charge in [0.05, 0.1) is 22.9 Å². The van der Waals surface area contributed by atoms with Gasteiger partial charge in [0.1, 0.15) is 0 Å². The van der Waals surface area contributed by atoms with Crippen molar-refractivity contribution in [1.29, 1.82) is 5.26 Å². The van der Waals surface area contributed by atoms with Gasteiger partial charge in [0, 0.05) is 36.1 Å². The van der Waals surface area contributed by atoms with E-state index in [1.165, 1.54) is 12.8 Å². The van der Waals surface area contributed by atoms with Crippen molar-refractivity contribution in [3.8, 4) is 6.07 Å². The van der Waals surface area contributed by atoms with Crippen molar-refractivity contribution in [3.05, 3.63) is 59.4 Å². The van der Waals surface area contributed by atoms with Crippen LogP contribution in [0.5, 0.6) is 0 Å². The molecule has 7 heteroatoms. The number of hydrogen-bond donors (Lipinski definition) is 1. The van der Waals surface area contributed by atoms with Crippen LogP contribution in [-0.4, -0.2) is 33.9 Å². The average molecular weight is 422 g/mol. The molecule has 1 N–H and O–H groups in total. The molecule has 0 spiro atoms. The number of pyridine rings is 2. The van der Waals surface area contributed by atoms with Crippen LogP contribution in [0, 0.1) is 18.3 Å². The van der Waals surface area contributed by atoms with E-state index in [0.29, 0.717) is 22.5 Å². The zero-order valence-electron chi connectivity index (χ0n) is 16.9. The van der Waals surface area contributed by atoms with Crippen LogP contribution in [0.2, 0.25) is 0 Å². The molecule has 6 nitrogen and oxygen atoms in total. The monoisotopic (exact) mass is 421 g/mol. The molecule has 1 aliphatic heterocycles. The second-order valence-electron chi connectivity index (χ2n) is 7.39. The highest BCUT2D eigenvalue weighted by Crippen LogP contribution is 2.30. The molecule has 30 heavy (non-hydrogen) atoms. The van der Waals surface area contributed by atoms with Gasteiger partial charge in [0.2, 0.25) is 0 Å². The number of amides is 1. The predicted octanol–water partition coefficient (Wildman–Crippen LogP) is 4.99. The Labute approximate surface area is 182 Å². The van der Waals surface area contributed by atoms with Gasteiger partial charge in [-0.15, -0.1) is 12.4 Å². The number of carbonyl (C=O) groups excluding carboxylic acids is 1. The van der Waals surface area contributed by atoms with Crippen LogP contribution >= 0.6 is 12.4 Å². The van der Waals surface area contributed by atoms with Gasteiger partial charge in [-0.2, -0.15) is 5.26 Å². The maximum absolute atomic E-state index is 13.4. The number of hydrogen-bond acceptors (Lipinski definition) is 5. The number of halogens is 1. The van der Waals surface area contributed by atoms with E-state index < -0.39 is 0 Å². The van der Waals surface area contributed by atoms with E-state index >= 15 is 0 Å². The van der Waals surface area contributed by atoms with Gasteiger partial charge in [-0.3, -0.25) is 4.79 Å². The van der Waals surface area contributed by atoms with Gasteiger partial charge in [-0.05, 0) is 56.2 Å². The number of nitrogens with one attached hydrogen (secondary N) is 1. The standard InChI is InChI=1S/C23H23N5O.ClH/c1-16-6-11-19-21(27-18-9-7-17(14-24)8-10-18)20(15-25-22(19)26-16)23(29)28-12-4-2-3-5-13-28;/h6-11,15H,2-5,12-13H2,1H3,(H,25,26,27);1H. The minimum Gasteiger partial charge on any atom is -0.354 e. The van der Waals surface area contributed by atoms with Crippen molar-refractivity contribution in [2.45, 2.75) is 32.6 Å². The van der Waals surface area contributed by atoms with Gasteiger partial charge in [0.15, 0.2) is 5.65 Å². The van der Waals surface area contributed by atoms with Crippen LogP contribution < -0.4 is 5.32 Å². The lowest BCUT2D eigenvalue weighted by Gasteiger charge is -2.22. The second-order valence-corrected chi connectivity index (χ2v) is 7.39. The number of likely N-dealkylation sites (tertiary alicyclic amines) is 1. The van der Waals surface area contributed by atoms with Gasteiger partial charge < -0.3 is 10.2 Å². The Balaban J connectivity index is 0.00000256. The molecule has 154 valence electrons. The summed E-state index contributed by atoms with van der Waals surface area (Å²) >= 11 is 0. The lowest BCUT2D eigenvalue weighted by atomic mass is 10.1. The molecule has 0 bridgehead atoms. The summed E-state index contributed by atoms with van der Waals surface area (Å²) in [6.45, 7) is 3.48. The number of aromatic nitrogens is 2. The maximum Gasteiger partial charge on any atom is 0.257 e. The fraction of sp³-hybridized carbons (Fsp3) is 0.304. The molecule has 4 rings (SSSR count). The van der Waals surface area contributed by atoms with E-state index in [9.17, 15) is 4.79 Å². The Morgan fingerprint density at radius 1 is 1.07 bits per heavy atom. The average Bonchev–Trinajstić information content (AvgIpc) is 3.03. The number of rotatable bonds is 3. The minimum absolute atomic E-state index is 0. The quantitative estimate of drug-likeness (QED) is 0.644. The SMILES string of the molecule is Cc1ccc2c(Nc3ccc(C#N)cc3)c(C(=O)N3CCCCCC3)cnc2n1.Cl. The number of nitrogens with zero attached hydrogens (tertiary/aromatic N) is 4. The molecule has 1 amide bonds. The highest BCUT2D eigenvalue weighted by atomic mass is 35.5. The summed E-state index contributed by atoms with van der Waals surface area (Å²) in [5.74, 6) is -0.00183. The summed E-state index contributed by atoms with van der Waals surface area (Å²) in [4.78, 5) is 24.3. The Hall–Kier alpha value is -3.17. The topological polar surface area (TPSA) is 81.9 Å². The summed E-state index contributed by atoms with van der Waals surface area (Å²) in [6.07, 6.45) is 6.03. The number of carbonyl (C=O) groups is 1. The molecule has 0 atom stereocenters. The van der Waals surface area contributed by atoms with Crippen LogP contribution in [-0.2, 0) is 0 Å². The number of anilines is 2. The van der Waals surface area contributed by atoms with Gasteiger partial charge >= 0.3 is 0 Å². The number of aryl methyl sites for hydroxylation is 1. The normalized spacial score (nSPS) is 13.8. The molecule has 1 fully saturated rings. The Morgan fingerprint density at radius 2 is 1.77 bits per heavy atom. The van der Waals surface area contributed by atoms with Crippen molar-refractivity contribution in [1.82, 2.24) is 14.9 Å². The lowest BCUT2D eigenvalue weighted by molar-refractivity contribution is 0.0762. The molecule has 2 aromatic heterocycles. The lowest BCUT2D eigenvalue weighted by Crippen LogP contribution is -2.32. The fourth-order valence-corrected chi connectivity index (χ4v) is 3.69. The first kappa shape index (κ1) is 21.5. The third-order valence-corrected chi connectivity index (χ3v) is 5.28. The van der Waals surface area contributed by atoms with Crippen molar-refractivity contribution < 1.29 is 4.79 Å². The largest absolute Gasteiger partial charge is 0.354 e. The Morgan fingerprint density at radius 3 is 2.43 bits per heavy atom. The zero-order chi connectivity index (χ0) is 20.2. The summed E-state index contributed by atoms with van der Waals surface area (Å²) < 4.78 is 0. The molecule has 1 aliphatic rings. The first-order valence-electron chi connectivity index (χ1n) is 9.98. The van der Waals surface area contributed by atoms with Gasteiger partial charge in [0.25, 0.3) is 5.91 Å². The molecule has 3 heterocycles. The molecule has 0 unspecified atom stereocenters.